The average Bonchev–Trinajstić information content (AvgIpc) is 2.59. The molecule has 0 saturated carbocycles. The molecule has 1 rings (SSSR count). The van der Waals surface area contributed by atoms with Crippen molar-refractivity contribution in [3.05, 3.63) is 34.4 Å². The Morgan fingerprint density at radius 3 is 2.23 bits per heavy atom. The number of allylic oxidation sites excluding steroid dienone is 2. The van der Waals surface area contributed by atoms with Gasteiger partial charge in [-0.3, -0.25) is 9.59 Å². The summed E-state index contributed by atoms with van der Waals surface area (Å²) in [6.45, 7) is 16.7. The predicted octanol–water partition coefficient (Wildman–Crippen LogP) is 6.58. The van der Waals surface area contributed by atoms with Gasteiger partial charge in [-0.1, -0.05) is 25.5 Å². The van der Waals surface area contributed by atoms with Crippen LogP contribution in [-0.4, -0.2) is 27.9 Å². The van der Waals surface area contributed by atoms with E-state index >= 15 is 0 Å². The van der Waals surface area contributed by atoms with Crippen molar-refractivity contribution in [3.63, 3.8) is 0 Å². The molecule has 1 aromatic carbocycles. The zero-order chi connectivity index (χ0) is 23.9. The second-order valence-electron chi connectivity index (χ2n) is 8.90. The van der Waals surface area contributed by atoms with Crippen LogP contribution in [0.2, 0.25) is 0 Å². The fourth-order valence-electron chi connectivity index (χ4n) is 3.56. The third kappa shape index (κ3) is 8.60. The third-order valence-electron chi connectivity index (χ3n) is 5.12. The standard InChI is InChI=1S/C25H38O5S/c1-15(2)11-10-12-25(9,30-20(8)27)14-23(31-16(3)4)21-13-22(29-19(7)26)17(5)18(6)24(21)28/h11,13,16,23,28H,10,12,14H2,1-9H3/t23?,25-/m1/s1. The summed E-state index contributed by atoms with van der Waals surface area (Å²) in [5, 5.41) is 11.1. The highest BCUT2D eigenvalue weighted by Gasteiger charge is 2.34. The lowest BCUT2D eigenvalue weighted by molar-refractivity contribution is -0.156. The van der Waals surface area contributed by atoms with E-state index in [9.17, 15) is 14.7 Å². The van der Waals surface area contributed by atoms with Crippen molar-refractivity contribution in [3.8, 4) is 11.5 Å². The van der Waals surface area contributed by atoms with E-state index in [4.69, 9.17) is 9.47 Å². The minimum atomic E-state index is -0.697. The molecule has 2 atom stereocenters. The van der Waals surface area contributed by atoms with E-state index in [0.717, 1.165) is 12.0 Å². The van der Waals surface area contributed by atoms with E-state index in [1.807, 2.05) is 34.6 Å². The van der Waals surface area contributed by atoms with Crippen LogP contribution in [0.15, 0.2) is 17.7 Å². The molecule has 0 spiro atoms. The van der Waals surface area contributed by atoms with Gasteiger partial charge in [0.05, 0.1) is 0 Å². The Hall–Kier alpha value is -1.95. The maximum atomic E-state index is 11.9. The Bertz CT molecular complexity index is 824. The summed E-state index contributed by atoms with van der Waals surface area (Å²) in [5.74, 6) is -0.0801. The number of benzene rings is 1. The minimum Gasteiger partial charge on any atom is -0.507 e. The van der Waals surface area contributed by atoms with Crippen LogP contribution in [0.3, 0.4) is 0 Å². The monoisotopic (exact) mass is 450 g/mol. The summed E-state index contributed by atoms with van der Waals surface area (Å²) in [6.07, 6.45) is 4.14. The quantitative estimate of drug-likeness (QED) is 0.247. The fourth-order valence-corrected chi connectivity index (χ4v) is 5.00. The number of ether oxygens (including phenoxy) is 2. The lowest BCUT2D eigenvalue weighted by atomic mass is 9.89. The topological polar surface area (TPSA) is 72.8 Å². The van der Waals surface area contributed by atoms with E-state index in [2.05, 4.69) is 19.9 Å². The molecule has 1 unspecified atom stereocenters. The molecule has 6 heteroatoms. The van der Waals surface area contributed by atoms with E-state index in [-0.39, 0.29) is 22.2 Å². The van der Waals surface area contributed by atoms with Gasteiger partial charge in [0.25, 0.3) is 0 Å². The van der Waals surface area contributed by atoms with E-state index in [1.165, 1.54) is 19.4 Å². The molecule has 0 aromatic heterocycles. The molecule has 1 aromatic rings. The lowest BCUT2D eigenvalue weighted by Gasteiger charge is -2.34. The summed E-state index contributed by atoms with van der Waals surface area (Å²) in [6, 6.07) is 1.75. The maximum Gasteiger partial charge on any atom is 0.308 e. The fraction of sp³-hybridized carbons (Fsp3) is 0.600. The highest BCUT2D eigenvalue weighted by Crippen LogP contribution is 2.47. The maximum absolute atomic E-state index is 11.9. The van der Waals surface area contributed by atoms with E-state index in [0.29, 0.717) is 29.7 Å². The first-order chi connectivity index (χ1) is 14.3. The van der Waals surface area contributed by atoms with Crippen LogP contribution in [0.1, 0.15) is 89.7 Å². The summed E-state index contributed by atoms with van der Waals surface area (Å²) in [7, 11) is 0. The second-order valence-corrected chi connectivity index (χ2v) is 10.7. The SMILES string of the molecule is CC(=O)Oc1cc(C(C[C@@](C)(CCC=C(C)C)OC(C)=O)SC(C)C)c(O)c(C)c1C. The van der Waals surface area contributed by atoms with Gasteiger partial charge in [-0.05, 0) is 69.9 Å². The molecule has 0 amide bonds. The number of carbonyl (C=O) groups excluding carboxylic acids is 2. The number of rotatable bonds is 10. The molecule has 5 nitrogen and oxygen atoms in total. The normalized spacial score (nSPS) is 14.0. The smallest absolute Gasteiger partial charge is 0.308 e. The van der Waals surface area contributed by atoms with Crippen LogP contribution in [0.4, 0.5) is 0 Å². The highest BCUT2D eigenvalue weighted by atomic mass is 32.2. The van der Waals surface area contributed by atoms with Crippen molar-refractivity contribution in [2.24, 2.45) is 0 Å². The lowest BCUT2D eigenvalue weighted by Crippen LogP contribution is -2.32. The molecule has 0 bridgehead atoms. The number of esters is 2. The average molecular weight is 451 g/mol. The molecule has 174 valence electrons. The van der Waals surface area contributed by atoms with Crippen LogP contribution in [0.25, 0.3) is 0 Å². The first-order valence-electron chi connectivity index (χ1n) is 10.8. The number of thioether (sulfide) groups is 1. The van der Waals surface area contributed by atoms with Crippen LogP contribution in [0, 0.1) is 13.8 Å². The van der Waals surface area contributed by atoms with Crippen molar-refractivity contribution < 1.29 is 24.2 Å². The summed E-state index contributed by atoms with van der Waals surface area (Å²) >= 11 is 1.70. The highest BCUT2D eigenvalue weighted by molar-refractivity contribution is 8.00. The Morgan fingerprint density at radius 1 is 1.13 bits per heavy atom. The number of aromatic hydroxyl groups is 1. The van der Waals surface area contributed by atoms with Crippen LogP contribution < -0.4 is 4.74 Å². The van der Waals surface area contributed by atoms with E-state index in [1.54, 1.807) is 17.8 Å². The van der Waals surface area contributed by atoms with Gasteiger partial charge in [0.2, 0.25) is 0 Å². The number of carbonyl (C=O) groups is 2. The van der Waals surface area contributed by atoms with Crippen molar-refractivity contribution in [1.82, 2.24) is 0 Å². The first-order valence-corrected chi connectivity index (χ1v) is 11.7. The Kier molecular flexibility index (Phi) is 10.1. The molecule has 0 heterocycles. The zero-order valence-electron chi connectivity index (χ0n) is 20.4. The Balaban J connectivity index is 3.44. The van der Waals surface area contributed by atoms with Gasteiger partial charge in [0.15, 0.2) is 0 Å². The Morgan fingerprint density at radius 2 is 1.74 bits per heavy atom. The largest absolute Gasteiger partial charge is 0.507 e. The third-order valence-corrected chi connectivity index (χ3v) is 6.41. The van der Waals surface area contributed by atoms with Gasteiger partial charge >= 0.3 is 11.9 Å². The second kappa shape index (κ2) is 11.6. The molecule has 1 N–H and O–H groups in total. The molecule has 0 saturated heterocycles. The summed E-state index contributed by atoms with van der Waals surface area (Å²) in [5.41, 5.74) is 2.63. The Labute approximate surface area is 191 Å². The predicted molar refractivity (Wildman–Crippen MR) is 128 cm³/mol. The van der Waals surface area contributed by atoms with Crippen molar-refractivity contribution >= 4 is 23.7 Å². The molecule has 0 fully saturated rings. The molecular weight excluding hydrogens is 412 g/mol. The van der Waals surface area contributed by atoms with Crippen molar-refractivity contribution in [2.45, 2.75) is 97.7 Å². The number of hydrogen-bond acceptors (Lipinski definition) is 6. The molecule has 0 aliphatic heterocycles. The summed E-state index contributed by atoms with van der Waals surface area (Å²) in [4.78, 5) is 23.5. The minimum absolute atomic E-state index is 0.148. The molecule has 0 aliphatic carbocycles. The van der Waals surface area contributed by atoms with Gasteiger partial charge in [-0.2, -0.15) is 11.8 Å². The molecule has 0 radical (unpaired) electrons. The van der Waals surface area contributed by atoms with Gasteiger partial charge in [0.1, 0.15) is 17.1 Å². The number of phenols is 1. The number of hydrogen-bond donors (Lipinski definition) is 1. The molecule has 0 aliphatic rings. The zero-order valence-corrected chi connectivity index (χ0v) is 21.2. The first kappa shape index (κ1) is 27.1. The molecule has 31 heavy (non-hydrogen) atoms. The van der Waals surface area contributed by atoms with Gasteiger partial charge in [-0.25, -0.2) is 0 Å². The van der Waals surface area contributed by atoms with Gasteiger partial charge in [-0.15, -0.1) is 0 Å². The van der Waals surface area contributed by atoms with Gasteiger partial charge < -0.3 is 14.6 Å². The van der Waals surface area contributed by atoms with Crippen LogP contribution in [0.5, 0.6) is 11.5 Å². The van der Waals surface area contributed by atoms with Crippen LogP contribution in [-0.2, 0) is 14.3 Å². The van der Waals surface area contributed by atoms with Crippen molar-refractivity contribution in [2.75, 3.05) is 0 Å². The summed E-state index contributed by atoms with van der Waals surface area (Å²) < 4.78 is 11.2. The van der Waals surface area contributed by atoms with Crippen LogP contribution >= 0.6 is 11.8 Å². The van der Waals surface area contributed by atoms with Crippen molar-refractivity contribution in [1.29, 1.82) is 0 Å². The van der Waals surface area contributed by atoms with Gasteiger partial charge in [0, 0.05) is 31.1 Å². The molecular formula is C25H38O5S. The van der Waals surface area contributed by atoms with E-state index < -0.39 is 11.6 Å². The number of phenolic OH excluding ortho intramolecular Hbond substituents is 1.